The average molecular weight is 285 g/mol. The number of halogens is 3. The predicted molar refractivity (Wildman–Crippen MR) is 69.7 cm³/mol. The van der Waals surface area contributed by atoms with Crippen molar-refractivity contribution in [2.45, 2.75) is 51.1 Å². The number of alkyl halides is 2. The summed E-state index contributed by atoms with van der Waals surface area (Å²) in [7, 11) is 0. The Morgan fingerprint density at radius 3 is 2.33 bits per heavy atom. The van der Waals surface area contributed by atoms with Gasteiger partial charge in [-0.15, -0.1) is 4.72 Å². The number of hydrogen-bond donors (Lipinski definition) is 1. The molecule has 18 heavy (non-hydrogen) atoms. The van der Waals surface area contributed by atoms with Crippen LogP contribution >= 0.6 is 0 Å². The molecular formula is C12H22F3NOS. The highest BCUT2D eigenvalue weighted by atomic mass is 32.2. The van der Waals surface area contributed by atoms with Crippen LogP contribution in [0.2, 0.25) is 0 Å². The highest BCUT2D eigenvalue weighted by molar-refractivity contribution is 7.90. The molecule has 1 N–H and O–H groups in total. The monoisotopic (exact) mass is 285 g/mol. The van der Waals surface area contributed by atoms with E-state index in [1.54, 1.807) is 27.7 Å². The summed E-state index contributed by atoms with van der Waals surface area (Å²) in [6, 6.07) is -0.868. The third-order valence-corrected chi connectivity index (χ3v) is 4.12. The van der Waals surface area contributed by atoms with Crippen molar-refractivity contribution in [3.63, 3.8) is 0 Å². The first-order chi connectivity index (χ1) is 8.23. The second kappa shape index (κ2) is 8.07. The summed E-state index contributed by atoms with van der Waals surface area (Å²) < 4.78 is 52.1. The first kappa shape index (κ1) is 17.8. The Labute approximate surface area is 110 Å². The maximum absolute atomic E-state index is 13.8. The van der Waals surface area contributed by atoms with Crippen LogP contribution in [-0.2, 0) is 11.4 Å². The van der Waals surface area contributed by atoms with Crippen LogP contribution in [0.25, 0.3) is 0 Å². The summed E-state index contributed by atoms with van der Waals surface area (Å²) in [5, 5.41) is 0. The van der Waals surface area contributed by atoms with Gasteiger partial charge in [0.25, 0.3) is 0 Å². The summed E-state index contributed by atoms with van der Waals surface area (Å²) in [5.74, 6) is -0.511. The summed E-state index contributed by atoms with van der Waals surface area (Å²) in [5.41, 5.74) is 0. The van der Waals surface area contributed by atoms with Crippen LogP contribution in [0, 0.1) is 5.92 Å². The molecule has 108 valence electrons. The van der Waals surface area contributed by atoms with E-state index in [0.717, 1.165) is 0 Å². The molecule has 0 heterocycles. The quantitative estimate of drug-likeness (QED) is 0.729. The van der Waals surface area contributed by atoms with E-state index in [1.807, 2.05) is 0 Å². The van der Waals surface area contributed by atoms with Gasteiger partial charge in [0.1, 0.15) is 10.9 Å². The zero-order valence-corrected chi connectivity index (χ0v) is 12.1. The molecule has 0 aliphatic heterocycles. The van der Waals surface area contributed by atoms with E-state index in [9.17, 15) is 17.7 Å². The van der Waals surface area contributed by atoms with E-state index in [2.05, 4.69) is 4.72 Å². The van der Waals surface area contributed by atoms with Gasteiger partial charge in [0.05, 0.1) is 19.0 Å². The summed E-state index contributed by atoms with van der Waals surface area (Å²) >= 11 is -1.48. The highest BCUT2D eigenvalue weighted by Crippen LogP contribution is 2.21. The van der Waals surface area contributed by atoms with Gasteiger partial charge < -0.3 is 4.55 Å². The summed E-state index contributed by atoms with van der Waals surface area (Å²) in [4.78, 5) is 0. The molecule has 0 aromatic carbocycles. The van der Waals surface area contributed by atoms with Gasteiger partial charge in [-0.2, -0.15) is 0 Å². The van der Waals surface area contributed by atoms with E-state index in [-0.39, 0.29) is 6.42 Å². The zero-order valence-electron chi connectivity index (χ0n) is 11.3. The van der Waals surface area contributed by atoms with Crippen LogP contribution in [0.1, 0.15) is 34.1 Å². The van der Waals surface area contributed by atoms with Gasteiger partial charge >= 0.3 is 0 Å². The molecule has 0 bridgehead atoms. The molecule has 4 unspecified atom stereocenters. The highest BCUT2D eigenvalue weighted by Gasteiger charge is 2.34. The Balaban J connectivity index is 4.76. The van der Waals surface area contributed by atoms with Crippen LogP contribution in [-0.4, -0.2) is 28.2 Å². The molecular weight excluding hydrogens is 263 g/mol. The lowest BCUT2D eigenvalue weighted by molar-refractivity contribution is 0.208. The molecule has 6 heteroatoms. The van der Waals surface area contributed by atoms with Crippen molar-refractivity contribution in [2.24, 2.45) is 5.92 Å². The maximum Gasteiger partial charge on any atom is 0.136 e. The van der Waals surface area contributed by atoms with Crippen molar-refractivity contribution < 1.29 is 17.7 Å². The third-order valence-electron chi connectivity index (χ3n) is 2.52. The van der Waals surface area contributed by atoms with Gasteiger partial charge in [-0.3, -0.25) is 4.39 Å². The van der Waals surface area contributed by atoms with Crippen molar-refractivity contribution in [1.82, 2.24) is 4.72 Å². The first-order valence-electron chi connectivity index (χ1n) is 5.89. The molecule has 0 radical (unpaired) electrons. The fraction of sp³-hybridized carbons (Fsp3) is 0.833. The Morgan fingerprint density at radius 1 is 1.39 bits per heavy atom. The Kier molecular flexibility index (Phi) is 7.98. The molecule has 0 aromatic rings. The SMILES string of the molecule is CC(C=CF)C(N[S+]([O-])C(C)(C)C)C(F)CCF. The van der Waals surface area contributed by atoms with Crippen LogP contribution in [0.3, 0.4) is 0 Å². The van der Waals surface area contributed by atoms with Crippen LogP contribution in [0.5, 0.6) is 0 Å². The van der Waals surface area contributed by atoms with E-state index in [0.29, 0.717) is 6.33 Å². The largest absolute Gasteiger partial charge is 0.598 e. The fourth-order valence-corrected chi connectivity index (χ4v) is 2.29. The van der Waals surface area contributed by atoms with Gasteiger partial charge in [0.15, 0.2) is 0 Å². The standard InChI is InChI=1S/C12H22F3NOS/c1-9(5-7-13)11(10(15)6-8-14)16-18(17)12(2,3)4/h5,7,9-11,16H,6,8H2,1-4H3. The molecule has 0 amide bonds. The lowest BCUT2D eigenvalue weighted by Crippen LogP contribution is -2.50. The molecule has 0 aliphatic carbocycles. The molecule has 0 rings (SSSR count). The van der Waals surface area contributed by atoms with Gasteiger partial charge in [-0.25, -0.2) is 8.78 Å². The molecule has 0 spiro atoms. The zero-order chi connectivity index (χ0) is 14.3. The van der Waals surface area contributed by atoms with E-state index >= 15 is 0 Å². The van der Waals surface area contributed by atoms with E-state index < -0.39 is 40.9 Å². The minimum absolute atomic E-state index is 0.288. The third kappa shape index (κ3) is 6.11. The van der Waals surface area contributed by atoms with E-state index in [1.165, 1.54) is 6.08 Å². The lowest BCUT2D eigenvalue weighted by Gasteiger charge is -2.31. The average Bonchev–Trinajstić information content (AvgIpc) is 2.24. The number of rotatable bonds is 7. The Morgan fingerprint density at radius 2 is 1.94 bits per heavy atom. The van der Waals surface area contributed by atoms with E-state index in [4.69, 9.17) is 0 Å². The summed E-state index contributed by atoms with van der Waals surface area (Å²) in [6.45, 7) is 6.02. The molecule has 2 nitrogen and oxygen atoms in total. The Hall–Kier alpha value is -0.200. The minimum atomic E-state index is -1.51. The van der Waals surface area contributed by atoms with Gasteiger partial charge in [-0.05, 0) is 26.7 Å². The normalized spacial score (nSPS) is 19.8. The minimum Gasteiger partial charge on any atom is -0.598 e. The first-order valence-corrected chi connectivity index (χ1v) is 7.04. The molecule has 0 saturated carbocycles. The van der Waals surface area contributed by atoms with Crippen LogP contribution < -0.4 is 4.72 Å². The van der Waals surface area contributed by atoms with Crippen LogP contribution in [0.15, 0.2) is 12.4 Å². The van der Waals surface area contributed by atoms with Crippen molar-refractivity contribution in [2.75, 3.05) is 6.67 Å². The predicted octanol–water partition coefficient (Wildman–Crippen LogP) is 3.22. The molecule has 0 saturated heterocycles. The van der Waals surface area contributed by atoms with Crippen molar-refractivity contribution in [1.29, 1.82) is 0 Å². The van der Waals surface area contributed by atoms with Gasteiger partial charge in [-0.1, -0.05) is 13.0 Å². The fourth-order valence-electron chi connectivity index (χ4n) is 1.33. The molecule has 4 atom stereocenters. The molecule has 0 aliphatic rings. The number of nitrogens with one attached hydrogen (secondary N) is 1. The number of hydrogen-bond acceptors (Lipinski definition) is 2. The van der Waals surface area contributed by atoms with Gasteiger partial charge in [0, 0.05) is 17.8 Å². The van der Waals surface area contributed by atoms with Crippen molar-refractivity contribution in [3.8, 4) is 0 Å². The smallest absolute Gasteiger partial charge is 0.136 e. The second-order valence-corrected chi connectivity index (χ2v) is 7.19. The second-order valence-electron chi connectivity index (χ2n) is 5.20. The van der Waals surface area contributed by atoms with Gasteiger partial charge in [0.2, 0.25) is 0 Å². The summed E-state index contributed by atoms with van der Waals surface area (Å²) in [6.07, 6.45) is -0.305. The molecule has 0 fully saturated rings. The maximum atomic E-state index is 13.8. The van der Waals surface area contributed by atoms with Crippen molar-refractivity contribution in [3.05, 3.63) is 12.4 Å². The topological polar surface area (TPSA) is 35.1 Å². The Bertz CT molecular complexity index is 258. The molecule has 0 aromatic heterocycles. The lowest BCUT2D eigenvalue weighted by atomic mass is 9.97. The van der Waals surface area contributed by atoms with Crippen LogP contribution in [0.4, 0.5) is 13.2 Å². The van der Waals surface area contributed by atoms with Crippen molar-refractivity contribution >= 4 is 11.4 Å².